The molecule has 0 spiro atoms. The fourth-order valence-corrected chi connectivity index (χ4v) is 2.34. The van der Waals surface area contributed by atoms with E-state index in [4.69, 9.17) is 14.2 Å². The van der Waals surface area contributed by atoms with Gasteiger partial charge in [-0.2, -0.15) is 0 Å². The van der Waals surface area contributed by atoms with Crippen LogP contribution in [0.4, 0.5) is 0 Å². The number of carbonyl (C=O) groups is 2. The molecule has 0 fully saturated rings. The predicted molar refractivity (Wildman–Crippen MR) is 88.0 cm³/mol. The highest BCUT2D eigenvalue weighted by Crippen LogP contribution is 2.18. The number of amides is 1. The minimum Gasteiger partial charge on any atom is -0.493 e. The van der Waals surface area contributed by atoms with E-state index in [1.54, 1.807) is 0 Å². The fraction of sp³-hybridized carbons (Fsp3) is 0.444. The number of esters is 1. The van der Waals surface area contributed by atoms with Crippen LogP contribution in [0.2, 0.25) is 0 Å². The monoisotopic (exact) mass is 333 g/mol. The van der Waals surface area contributed by atoms with Crippen LogP contribution in [0.1, 0.15) is 31.7 Å². The third kappa shape index (κ3) is 5.01. The van der Waals surface area contributed by atoms with Gasteiger partial charge < -0.3 is 19.5 Å². The van der Waals surface area contributed by atoms with Gasteiger partial charge in [-0.15, -0.1) is 0 Å². The molecule has 2 rings (SSSR count). The molecule has 0 unspecified atom stereocenters. The van der Waals surface area contributed by atoms with Gasteiger partial charge in [-0.3, -0.25) is 4.79 Å². The molecule has 1 amide bonds. The number of benzene rings is 1. The molecule has 130 valence electrons. The Morgan fingerprint density at radius 1 is 1.25 bits per heavy atom. The van der Waals surface area contributed by atoms with E-state index in [1.165, 1.54) is 18.7 Å². The Kier molecular flexibility index (Phi) is 6.66. The van der Waals surface area contributed by atoms with Gasteiger partial charge in [0.15, 0.2) is 6.10 Å². The van der Waals surface area contributed by atoms with Gasteiger partial charge in [0.2, 0.25) is 5.76 Å². The van der Waals surface area contributed by atoms with Crippen molar-refractivity contribution in [3.05, 3.63) is 47.9 Å². The van der Waals surface area contributed by atoms with Gasteiger partial charge >= 0.3 is 5.97 Å². The van der Waals surface area contributed by atoms with Gasteiger partial charge in [0.25, 0.3) is 5.91 Å². The summed E-state index contributed by atoms with van der Waals surface area (Å²) < 4.78 is 15.2. The first-order chi connectivity index (χ1) is 11.6. The summed E-state index contributed by atoms with van der Waals surface area (Å²) in [5.41, 5.74) is 1.17. The highest BCUT2D eigenvalue weighted by atomic mass is 16.6. The molecule has 1 aliphatic heterocycles. The molecule has 0 bridgehead atoms. The molecule has 1 aromatic carbocycles. The minimum atomic E-state index is -0.905. The van der Waals surface area contributed by atoms with Crippen molar-refractivity contribution in [2.45, 2.75) is 32.3 Å². The molecule has 6 nitrogen and oxygen atoms in total. The van der Waals surface area contributed by atoms with Crippen molar-refractivity contribution in [1.29, 1.82) is 0 Å². The number of rotatable bonds is 7. The second-order valence-corrected chi connectivity index (χ2v) is 5.51. The number of hydrogen-bond acceptors (Lipinski definition) is 5. The van der Waals surface area contributed by atoms with Crippen LogP contribution < -0.4 is 5.32 Å². The molecule has 6 heteroatoms. The Morgan fingerprint density at radius 3 is 2.62 bits per heavy atom. The van der Waals surface area contributed by atoms with Crippen LogP contribution in [-0.4, -0.2) is 37.7 Å². The lowest BCUT2D eigenvalue weighted by Crippen LogP contribution is -2.38. The maximum absolute atomic E-state index is 12.1. The van der Waals surface area contributed by atoms with Crippen LogP contribution in [0.15, 0.2) is 42.4 Å². The number of nitrogens with one attached hydrogen (secondary N) is 1. The SMILES string of the molecule is CC[C@H](CNC(=O)[C@@H](C)OC(=O)C1=COCCO1)c1ccccc1. The Labute approximate surface area is 141 Å². The molecule has 0 saturated carbocycles. The lowest BCUT2D eigenvalue weighted by Gasteiger charge is -2.19. The molecular weight excluding hydrogens is 310 g/mol. The zero-order valence-electron chi connectivity index (χ0n) is 14.0. The van der Waals surface area contributed by atoms with Gasteiger partial charge in [0.05, 0.1) is 0 Å². The van der Waals surface area contributed by atoms with E-state index in [0.717, 1.165) is 6.42 Å². The second-order valence-electron chi connectivity index (χ2n) is 5.51. The molecule has 1 N–H and O–H groups in total. The summed E-state index contributed by atoms with van der Waals surface area (Å²) in [5, 5.41) is 2.83. The summed E-state index contributed by atoms with van der Waals surface area (Å²) in [7, 11) is 0. The van der Waals surface area contributed by atoms with Crippen LogP contribution in [0.3, 0.4) is 0 Å². The summed E-state index contributed by atoms with van der Waals surface area (Å²) >= 11 is 0. The maximum atomic E-state index is 12.1. The third-order valence-electron chi connectivity index (χ3n) is 3.79. The summed E-state index contributed by atoms with van der Waals surface area (Å²) in [4.78, 5) is 24.0. The summed E-state index contributed by atoms with van der Waals surface area (Å²) in [5.74, 6) is -0.838. The van der Waals surface area contributed by atoms with E-state index in [2.05, 4.69) is 12.2 Å². The van der Waals surface area contributed by atoms with Crippen molar-refractivity contribution in [2.75, 3.05) is 19.8 Å². The standard InChI is InChI=1S/C18H23NO5/c1-3-14(15-7-5-4-6-8-15)11-19-17(20)13(2)24-18(21)16-12-22-9-10-23-16/h4-8,12-14H,3,9-11H2,1-2H3,(H,19,20)/t13-,14-/m1/s1. The Hall–Kier alpha value is -2.50. The quantitative estimate of drug-likeness (QED) is 0.774. The molecule has 0 aromatic heterocycles. The molecule has 0 aliphatic carbocycles. The second kappa shape index (κ2) is 8.96. The molecule has 0 radical (unpaired) electrons. The van der Waals surface area contributed by atoms with Crippen molar-refractivity contribution < 1.29 is 23.8 Å². The van der Waals surface area contributed by atoms with E-state index >= 15 is 0 Å². The average molecular weight is 333 g/mol. The van der Waals surface area contributed by atoms with E-state index in [0.29, 0.717) is 13.2 Å². The van der Waals surface area contributed by atoms with Crippen molar-refractivity contribution in [2.24, 2.45) is 0 Å². The van der Waals surface area contributed by atoms with Crippen molar-refractivity contribution in [3.8, 4) is 0 Å². The van der Waals surface area contributed by atoms with Crippen LogP contribution in [0, 0.1) is 0 Å². The van der Waals surface area contributed by atoms with Crippen LogP contribution >= 0.6 is 0 Å². The third-order valence-corrected chi connectivity index (χ3v) is 3.79. The van der Waals surface area contributed by atoms with Crippen LogP contribution in [0.5, 0.6) is 0 Å². The molecule has 2 atom stereocenters. The molecular formula is C18H23NO5. The Balaban J connectivity index is 1.82. The highest BCUT2D eigenvalue weighted by molar-refractivity contribution is 5.89. The van der Waals surface area contributed by atoms with E-state index in [9.17, 15) is 9.59 Å². The van der Waals surface area contributed by atoms with Gasteiger partial charge in [0.1, 0.15) is 19.5 Å². The first-order valence-corrected chi connectivity index (χ1v) is 8.10. The molecule has 1 aromatic rings. The molecule has 1 heterocycles. The maximum Gasteiger partial charge on any atom is 0.377 e. The first kappa shape index (κ1) is 17.8. The van der Waals surface area contributed by atoms with E-state index in [-0.39, 0.29) is 24.2 Å². The Bertz CT molecular complexity index is 584. The van der Waals surface area contributed by atoms with Gasteiger partial charge in [-0.05, 0) is 18.9 Å². The molecule has 1 aliphatic rings. The summed E-state index contributed by atoms with van der Waals surface area (Å²) in [6.45, 7) is 4.77. The van der Waals surface area contributed by atoms with Crippen molar-refractivity contribution in [3.63, 3.8) is 0 Å². The smallest absolute Gasteiger partial charge is 0.377 e. The summed E-state index contributed by atoms with van der Waals surface area (Å²) in [6.07, 6.45) is 1.20. The highest BCUT2D eigenvalue weighted by Gasteiger charge is 2.23. The normalized spacial score (nSPS) is 16.0. The van der Waals surface area contributed by atoms with E-state index < -0.39 is 12.1 Å². The Morgan fingerprint density at radius 2 is 2.00 bits per heavy atom. The van der Waals surface area contributed by atoms with Gasteiger partial charge in [-0.25, -0.2) is 4.79 Å². The molecule has 0 saturated heterocycles. The topological polar surface area (TPSA) is 73.9 Å². The number of hydrogen-bond donors (Lipinski definition) is 1. The van der Waals surface area contributed by atoms with Crippen LogP contribution in [0.25, 0.3) is 0 Å². The summed E-state index contributed by atoms with van der Waals surface area (Å²) in [6, 6.07) is 9.99. The van der Waals surface area contributed by atoms with Crippen LogP contribution in [-0.2, 0) is 23.8 Å². The minimum absolute atomic E-state index is 0.0170. The van der Waals surface area contributed by atoms with Crippen molar-refractivity contribution >= 4 is 11.9 Å². The lowest BCUT2D eigenvalue weighted by atomic mass is 9.96. The van der Waals surface area contributed by atoms with Gasteiger partial charge in [-0.1, -0.05) is 37.3 Å². The largest absolute Gasteiger partial charge is 0.493 e. The predicted octanol–water partition coefficient (Wildman–Crippen LogP) is 2.12. The molecule has 24 heavy (non-hydrogen) atoms. The average Bonchev–Trinajstić information content (AvgIpc) is 2.63. The van der Waals surface area contributed by atoms with Crippen molar-refractivity contribution in [1.82, 2.24) is 5.32 Å². The lowest BCUT2D eigenvalue weighted by molar-refractivity contribution is -0.155. The van der Waals surface area contributed by atoms with E-state index in [1.807, 2.05) is 30.3 Å². The fourth-order valence-electron chi connectivity index (χ4n) is 2.34. The number of ether oxygens (including phenoxy) is 3. The zero-order chi connectivity index (χ0) is 17.4. The van der Waals surface area contributed by atoms with Gasteiger partial charge in [0, 0.05) is 12.5 Å². The zero-order valence-corrected chi connectivity index (χ0v) is 14.0. The first-order valence-electron chi connectivity index (χ1n) is 8.10. The number of carbonyl (C=O) groups excluding carboxylic acids is 2.